The smallest absolute Gasteiger partial charge is 0.0992 e. The molecule has 4 heteroatoms. The van der Waals surface area contributed by atoms with Crippen LogP contribution in [-0.4, -0.2) is 4.57 Å². The maximum absolute atomic E-state index is 9.80. The van der Waals surface area contributed by atoms with Gasteiger partial charge in [0, 0.05) is 52.0 Å². The van der Waals surface area contributed by atoms with Crippen molar-refractivity contribution in [2.24, 2.45) is 0 Å². The van der Waals surface area contributed by atoms with Crippen molar-refractivity contribution in [3.8, 4) is 34.0 Å². The second kappa shape index (κ2) is 10.1. The molecule has 0 unspecified atom stereocenters. The molecule has 0 radical (unpaired) electrons. The number of fused-ring (bicyclic) bond motifs is 9. The molecule has 10 rings (SSSR count). The molecule has 3 heterocycles. The molecule has 0 atom stereocenters. The van der Waals surface area contributed by atoms with Crippen molar-refractivity contribution in [3.05, 3.63) is 151 Å². The molecule has 0 aliphatic rings. The van der Waals surface area contributed by atoms with Gasteiger partial charge < -0.3 is 4.57 Å². The van der Waals surface area contributed by atoms with E-state index in [-0.39, 0.29) is 0 Å². The predicted octanol–water partition coefficient (Wildman–Crippen LogP) is 12.7. The Hall–Kier alpha value is -5.73. The number of para-hydroxylation sites is 1. The minimum Gasteiger partial charge on any atom is -0.308 e. The summed E-state index contributed by atoms with van der Waals surface area (Å²) in [6.07, 6.45) is 0. The van der Waals surface area contributed by atoms with E-state index in [0.717, 1.165) is 22.1 Å². The third kappa shape index (κ3) is 3.95. The van der Waals surface area contributed by atoms with Gasteiger partial charge in [-0.15, -0.1) is 22.7 Å². The number of hydrogen-bond acceptors (Lipinski definition) is 3. The normalized spacial score (nSPS) is 11.8. The SMILES string of the molecule is N#Cc1ccc2c3ccccc3n(-c3cccc4c3sc3c(-c5ccccc5)cc(-c5ccc6sc7ccccc7c6c5)cc34)c2c1. The first-order valence-corrected chi connectivity index (χ1v) is 17.3. The van der Waals surface area contributed by atoms with Gasteiger partial charge >= 0.3 is 0 Å². The lowest BCUT2D eigenvalue weighted by atomic mass is 9.95. The van der Waals surface area contributed by atoms with Gasteiger partial charge in [-0.2, -0.15) is 5.26 Å². The topological polar surface area (TPSA) is 28.7 Å². The molecule has 0 spiro atoms. The molecular weight excluding hydrogens is 609 g/mol. The van der Waals surface area contributed by atoms with Crippen LogP contribution in [0.1, 0.15) is 5.56 Å². The summed E-state index contributed by atoms with van der Waals surface area (Å²) in [5, 5.41) is 17.3. The van der Waals surface area contributed by atoms with Gasteiger partial charge in [-0.05, 0) is 71.3 Å². The number of thiophene rings is 2. The van der Waals surface area contributed by atoms with Gasteiger partial charge in [0.15, 0.2) is 0 Å². The number of rotatable bonds is 3. The van der Waals surface area contributed by atoms with Crippen molar-refractivity contribution >= 4 is 84.8 Å². The van der Waals surface area contributed by atoms with Crippen molar-refractivity contribution < 1.29 is 0 Å². The van der Waals surface area contributed by atoms with E-state index in [4.69, 9.17) is 0 Å². The third-order valence-corrected chi connectivity index (χ3v) is 11.8. The first-order valence-electron chi connectivity index (χ1n) is 15.7. The highest BCUT2D eigenvalue weighted by atomic mass is 32.1. The van der Waals surface area contributed by atoms with Crippen molar-refractivity contribution in [1.29, 1.82) is 5.26 Å². The maximum Gasteiger partial charge on any atom is 0.0992 e. The molecular formula is C43H24N2S2. The summed E-state index contributed by atoms with van der Waals surface area (Å²) < 4.78 is 7.50. The van der Waals surface area contributed by atoms with Gasteiger partial charge in [-0.3, -0.25) is 0 Å². The molecule has 218 valence electrons. The zero-order valence-corrected chi connectivity index (χ0v) is 26.7. The lowest BCUT2D eigenvalue weighted by Crippen LogP contribution is -1.94. The van der Waals surface area contributed by atoms with Gasteiger partial charge in [0.25, 0.3) is 0 Å². The van der Waals surface area contributed by atoms with E-state index in [1.165, 1.54) is 68.0 Å². The van der Waals surface area contributed by atoms with Crippen molar-refractivity contribution in [1.82, 2.24) is 4.57 Å². The molecule has 7 aromatic carbocycles. The summed E-state index contributed by atoms with van der Waals surface area (Å²) in [5.41, 5.74) is 8.89. The van der Waals surface area contributed by atoms with E-state index in [9.17, 15) is 5.26 Å². The molecule has 0 saturated heterocycles. The Labute approximate surface area is 278 Å². The van der Waals surface area contributed by atoms with Crippen molar-refractivity contribution in [3.63, 3.8) is 0 Å². The van der Waals surface area contributed by atoms with Crippen LogP contribution in [0.4, 0.5) is 0 Å². The monoisotopic (exact) mass is 632 g/mol. The van der Waals surface area contributed by atoms with Crippen LogP contribution in [-0.2, 0) is 0 Å². The van der Waals surface area contributed by atoms with Gasteiger partial charge in [0.05, 0.1) is 33.1 Å². The second-order valence-electron chi connectivity index (χ2n) is 12.0. The molecule has 3 aromatic heterocycles. The van der Waals surface area contributed by atoms with Crippen molar-refractivity contribution in [2.45, 2.75) is 0 Å². The van der Waals surface area contributed by atoms with Crippen LogP contribution in [0.2, 0.25) is 0 Å². The van der Waals surface area contributed by atoms with Crippen LogP contribution in [0.3, 0.4) is 0 Å². The second-order valence-corrected chi connectivity index (χ2v) is 14.1. The molecule has 47 heavy (non-hydrogen) atoms. The highest BCUT2D eigenvalue weighted by Gasteiger charge is 2.19. The Bertz CT molecular complexity index is 2920. The Balaban J connectivity index is 1.28. The highest BCUT2D eigenvalue weighted by molar-refractivity contribution is 7.27. The number of nitriles is 1. The van der Waals surface area contributed by atoms with Gasteiger partial charge in [0.2, 0.25) is 0 Å². The molecule has 0 fully saturated rings. The van der Waals surface area contributed by atoms with E-state index in [1.807, 2.05) is 34.8 Å². The Morgan fingerprint density at radius 3 is 2.09 bits per heavy atom. The zero-order chi connectivity index (χ0) is 31.1. The molecule has 10 aromatic rings. The molecule has 2 nitrogen and oxygen atoms in total. The quantitative estimate of drug-likeness (QED) is 0.190. The summed E-state index contributed by atoms with van der Waals surface area (Å²) >= 11 is 3.72. The maximum atomic E-state index is 9.80. The first-order chi connectivity index (χ1) is 23.2. The van der Waals surface area contributed by atoms with Crippen LogP contribution < -0.4 is 0 Å². The van der Waals surface area contributed by atoms with Crippen LogP contribution in [0.5, 0.6) is 0 Å². The number of benzene rings is 7. The summed E-state index contributed by atoms with van der Waals surface area (Å²) in [6, 6.07) is 54.8. The molecule has 0 bridgehead atoms. The third-order valence-electron chi connectivity index (χ3n) is 9.42. The molecule has 0 N–H and O–H groups in total. The fraction of sp³-hybridized carbons (Fsp3) is 0. The molecule has 0 saturated carbocycles. The summed E-state index contributed by atoms with van der Waals surface area (Å²) in [5.74, 6) is 0. The summed E-state index contributed by atoms with van der Waals surface area (Å²) in [6.45, 7) is 0. The van der Waals surface area contributed by atoms with E-state index >= 15 is 0 Å². The van der Waals surface area contributed by atoms with Crippen LogP contribution >= 0.6 is 22.7 Å². The van der Waals surface area contributed by atoms with Gasteiger partial charge in [-0.25, -0.2) is 0 Å². The van der Waals surface area contributed by atoms with Crippen LogP contribution in [0.25, 0.3) is 90.1 Å². The van der Waals surface area contributed by atoms with Crippen LogP contribution in [0, 0.1) is 11.3 Å². The molecule has 0 aliphatic heterocycles. The molecule has 0 amide bonds. The number of aromatic nitrogens is 1. The fourth-order valence-corrected chi connectivity index (χ4v) is 9.67. The van der Waals surface area contributed by atoms with E-state index in [1.54, 1.807) is 0 Å². The van der Waals surface area contributed by atoms with Gasteiger partial charge in [-0.1, -0.05) is 91.0 Å². The fourth-order valence-electron chi connectivity index (χ4n) is 7.27. The lowest BCUT2D eigenvalue weighted by Gasteiger charge is -2.10. The highest BCUT2D eigenvalue weighted by Crippen LogP contribution is 2.46. The number of hydrogen-bond donors (Lipinski definition) is 0. The van der Waals surface area contributed by atoms with E-state index < -0.39 is 0 Å². The number of nitrogens with zero attached hydrogens (tertiary/aromatic N) is 2. The lowest BCUT2D eigenvalue weighted by molar-refractivity contribution is 1.20. The summed E-state index contributed by atoms with van der Waals surface area (Å²) in [4.78, 5) is 0. The first kappa shape index (κ1) is 26.5. The van der Waals surface area contributed by atoms with Crippen LogP contribution in [0.15, 0.2) is 146 Å². The largest absolute Gasteiger partial charge is 0.308 e. The Morgan fingerprint density at radius 2 is 1.19 bits per heavy atom. The van der Waals surface area contributed by atoms with E-state index in [0.29, 0.717) is 5.56 Å². The van der Waals surface area contributed by atoms with Gasteiger partial charge in [0.1, 0.15) is 0 Å². The average molecular weight is 633 g/mol. The standard InChI is InChI=1S/C43H24N2S2/c44-25-26-17-19-31-30-11-4-6-14-37(30)45(39(31)21-26)38-15-8-13-33-36-24-29(23-34(42(36)47-43(33)38)27-9-2-1-3-10-27)28-18-20-41-35(22-28)32-12-5-7-16-40(32)46-41/h1-24H. The minimum atomic E-state index is 0.663. The summed E-state index contributed by atoms with van der Waals surface area (Å²) in [7, 11) is 0. The Kier molecular flexibility index (Phi) is 5.71. The molecule has 0 aliphatic carbocycles. The zero-order valence-electron chi connectivity index (χ0n) is 25.1. The minimum absolute atomic E-state index is 0.663. The average Bonchev–Trinajstić information content (AvgIpc) is 3.80. The van der Waals surface area contributed by atoms with E-state index in [2.05, 4.69) is 144 Å². The Morgan fingerprint density at radius 1 is 0.447 bits per heavy atom. The van der Waals surface area contributed by atoms with Crippen molar-refractivity contribution in [2.75, 3.05) is 0 Å². The predicted molar refractivity (Wildman–Crippen MR) is 202 cm³/mol.